The van der Waals surface area contributed by atoms with Crippen LogP contribution in [0.1, 0.15) is 57.7 Å². The van der Waals surface area contributed by atoms with Gasteiger partial charge in [-0.2, -0.15) is 0 Å². The lowest BCUT2D eigenvalue weighted by Gasteiger charge is -2.18. The monoisotopic (exact) mass is 309 g/mol. The highest BCUT2D eigenvalue weighted by molar-refractivity contribution is 9.10. The molecule has 1 heterocycles. The van der Waals surface area contributed by atoms with Crippen molar-refractivity contribution in [2.24, 2.45) is 5.41 Å². The molecule has 2 aliphatic rings. The first-order chi connectivity index (χ1) is 8.52. The van der Waals surface area contributed by atoms with Crippen LogP contribution in [0, 0.1) is 5.41 Å². The van der Waals surface area contributed by atoms with Crippen LogP contribution in [0.15, 0.2) is 10.7 Å². The van der Waals surface area contributed by atoms with E-state index in [2.05, 4.69) is 45.1 Å². The van der Waals surface area contributed by atoms with E-state index in [4.69, 9.17) is 0 Å². The third-order valence-corrected chi connectivity index (χ3v) is 4.38. The largest absolute Gasteiger partial charge is 0.367 e. The summed E-state index contributed by atoms with van der Waals surface area (Å²) in [7, 11) is 0. The topological polar surface area (TPSA) is 37.8 Å². The summed E-state index contributed by atoms with van der Waals surface area (Å²) in [6.07, 6.45) is 6.26. The Labute approximate surface area is 117 Å². The van der Waals surface area contributed by atoms with Gasteiger partial charge in [-0.15, -0.1) is 0 Å². The van der Waals surface area contributed by atoms with Crippen LogP contribution in [0.4, 0.5) is 5.82 Å². The van der Waals surface area contributed by atoms with E-state index < -0.39 is 0 Å². The van der Waals surface area contributed by atoms with Gasteiger partial charge in [0.2, 0.25) is 0 Å². The van der Waals surface area contributed by atoms with Crippen LogP contribution >= 0.6 is 15.9 Å². The maximum Gasteiger partial charge on any atom is 0.135 e. The molecular formula is C14H20BrN3. The lowest BCUT2D eigenvalue weighted by Crippen LogP contribution is -2.18. The molecule has 0 saturated heterocycles. The molecule has 1 aromatic heterocycles. The van der Waals surface area contributed by atoms with Crippen molar-refractivity contribution in [3.05, 3.63) is 16.5 Å². The fourth-order valence-electron chi connectivity index (χ4n) is 2.80. The van der Waals surface area contributed by atoms with Crippen molar-refractivity contribution in [3.63, 3.8) is 0 Å². The fourth-order valence-corrected chi connectivity index (χ4v) is 3.20. The number of anilines is 1. The highest BCUT2D eigenvalue weighted by atomic mass is 79.9. The quantitative estimate of drug-likeness (QED) is 0.854. The second-order valence-corrected chi connectivity index (χ2v) is 7.27. The average molecular weight is 310 g/mol. The number of nitrogens with zero attached hydrogens (tertiary/aromatic N) is 2. The van der Waals surface area contributed by atoms with E-state index in [1.807, 2.05) is 6.07 Å². The molecule has 98 valence electrons. The molecule has 0 aromatic carbocycles. The minimum Gasteiger partial charge on any atom is -0.367 e. The van der Waals surface area contributed by atoms with Crippen LogP contribution in [-0.4, -0.2) is 16.0 Å². The van der Waals surface area contributed by atoms with Gasteiger partial charge in [0.25, 0.3) is 0 Å². The first-order valence-corrected chi connectivity index (χ1v) is 7.62. The molecule has 18 heavy (non-hydrogen) atoms. The van der Waals surface area contributed by atoms with Gasteiger partial charge in [0, 0.05) is 18.0 Å². The van der Waals surface area contributed by atoms with Crippen molar-refractivity contribution < 1.29 is 0 Å². The molecule has 1 atom stereocenters. The Morgan fingerprint density at radius 3 is 2.67 bits per heavy atom. The predicted molar refractivity (Wildman–Crippen MR) is 76.7 cm³/mol. The summed E-state index contributed by atoms with van der Waals surface area (Å²) in [5.41, 5.74) is 0.473. The van der Waals surface area contributed by atoms with Gasteiger partial charge in [0.1, 0.15) is 16.2 Å². The lowest BCUT2D eigenvalue weighted by molar-refractivity contribution is 0.378. The van der Waals surface area contributed by atoms with Gasteiger partial charge >= 0.3 is 0 Å². The molecule has 2 aliphatic carbocycles. The van der Waals surface area contributed by atoms with E-state index in [1.165, 1.54) is 32.1 Å². The Bertz CT molecular complexity index is 454. The standard InChI is InChI=1S/C14H20BrN3/c1-14(2)6-5-10(8-14)16-12-7-11(15)17-13(18-12)9-3-4-9/h7,9-10H,3-6,8H2,1-2H3,(H,16,17,18). The van der Waals surface area contributed by atoms with Crippen molar-refractivity contribution in [1.82, 2.24) is 9.97 Å². The van der Waals surface area contributed by atoms with Crippen LogP contribution in [0.25, 0.3) is 0 Å². The zero-order valence-corrected chi connectivity index (χ0v) is 12.6. The van der Waals surface area contributed by atoms with Crippen molar-refractivity contribution >= 4 is 21.7 Å². The van der Waals surface area contributed by atoms with Gasteiger partial charge in [-0.05, 0) is 53.4 Å². The van der Waals surface area contributed by atoms with Crippen LogP contribution in [0.3, 0.4) is 0 Å². The Morgan fingerprint density at radius 2 is 2.06 bits per heavy atom. The van der Waals surface area contributed by atoms with Gasteiger partial charge in [-0.25, -0.2) is 9.97 Å². The molecule has 0 aliphatic heterocycles. The highest BCUT2D eigenvalue weighted by Gasteiger charge is 2.31. The van der Waals surface area contributed by atoms with E-state index in [0.29, 0.717) is 17.4 Å². The average Bonchev–Trinajstić information content (AvgIpc) is 3.04. The van der Waals surface area contributed by atoms with Gasteiger partial charge < -0.3 is 5.32 Å². The van der Waals surface area contributed by atoms with E-state index in [9.17, 15) is 0 Å². The van der Waals surface area contributed by atoms with Crippen LogP contribution in [0.2, 0.25) is 0 Å². The molecule has 2 fully saturated rings. The molecule has 3 nitrogen and oxygen atoms in total. The molecule has 3 rings (SSSR count). The van der Waals surface area contributed by atoms with Gasteiger partial charge in [-0.1, -0.05) is 13.8 Å². The lowest BCUT2D eigenvalue weighted by atomic mass is 9.92. The normalized spacial score (nSPS) is 26.3. The third kappa shape index (κ3) is 2.85. The maximum absolute atomic E-state index is 4.65. The van der Waals surface area contributed by atoms with E-state index in [0.717, 1.165) is 16.2 Å². The van der Waals surface area contributed by atoms with Crippen molar-refractivity contribution in [3.8, 4) is 0 Å². The Balaban J connectivity index is 1.72. The summed E-state index contributed by atoms with van der Waals surface area (Å²) in [4.78, 5) is 9.12. The summed E-state index contributed by atoms with van der Waals surface area (Å²) < 4.78 is 0.902. The number of rotatable bonds is 3. The number of aromatic nitrogens is 2. The summed E-state index contributed by atoms with van der Waals surface area (Å²) in [5, 5.41) is 3.58. The van der Waals surface area contributed by atoms with Crippen LogP contribution in [0.5, 0.6) is 0 Å². The SMILES string of the molecule is CC1(C)CCC(Nc2cc(Br)nc(C3CC3)n2)C1. The maximum atomic E-state index is 4.65. The third-order valence-electron chi connectivity index (χ3n) is 3.98. The molecule has 4 heteroatoms. The first-order valence-electron chi connectivity index (χ1n) is 6.83. The van der Waals surface area contributed by atoms with E-state index in [-0.39, 0.29) is 0 Å². The summed E-state index contributed by atoms with van der Waals surface area (Å²) in [5.74, 6) is 2.59. The molecule has 0 radical (unpaired) electrons. The fraction of sp³-hybridized carbons (Fsp3) is 0.714. The Hall–Kier alpha value is -0.640. The minimum absolute atomic E-state index is 0.473. The summed E-state index contributed by atoms with van der Waals surface area (Å²) in [6, 6.07) is 2.56. The molecule has 0 bridgehead atoms. The summed E-state index contributed by atoms with van der Waals surface area (Å²) in [6.45, 7) is 4.69. The molecule has 2 saturated carbocycles. The van der Waals surface area contributed by atoms with Crippen LogP contribution < -0.4 is 5.32 Å². The second kappa shape index (κ2) is 4.48. The number of hydrogen-bond acceptors (Lipinski definition) is 3. The molecule has 1 N–H and O–H groups in total. The van der Waals surface area contributed by atoms with E-state index >= 15 is 0 Å². The van der Waals surface area contributed by atoms with Crippen LogP contribution in [-0.2, 0) is 0 Å². The van der Waals surface area contributed by atoms with Gasteiger partial charge in [0.15, 0.2) is 0 Å². The smallest absolute Gasteiger partial charge is 0.135 e. The van der Waals surface area contributed by atoms with E-state index in [1.54, 1.807) is 0 Å². The molecule has 0 amide bonds. The second-order valence-electron chi connectivity index (χ2n) is 6.46. The number of hydrogen-bond donors (Lipinski definition) is 1. The van der Waals surface area contributed by atoms with Crippen molar-refractivity contribution in [2.45, 2.75) is 57.9 Å². The number of nitrogens with one attached hydrogen (secondary N) is 1. The van der Waals surface area contributed by atoms with Gasteiger partial charge in [-0.3, -0.25) is 0 Å². The highest BCUT2D eigenvalue weighted by Crippen LogP contribution is 2.40. The minimum atomic E-state index is 0.473. The zero-order valence-electron chi connectivity index (χ0n) is 11.0. The molecule has 1 aromatic rings. The zero-order chi connectivity index (χ0) is 12.8. The van der Waals surface area contributed by atoms with Gasteiger partial charge in [0.05, 0.1) is 0 Å². The molecular weight excluding hydrogens is 290 g/mol. The predicted octanol–water partition coefficient (Wildman–Crippen LogP) is 4.11. The van der Waals surface area contributed by atoms with Crippen molar-refractivity contribution in [2.75, 3.05) is 5.32 Å². The summed E-state index contributed by atoms with van der Waals surface area (Å²) >= 11 is 3.49. The molecule has 1 unspecified atom stereocenters. The Kier molecular flexibility index (Phi) is 3.08. The first kappa shape index (κ1) is 12.4. The van der Waals surface area contributed by atoms with Crippen molar-refractivity contribution in [1.29, 1.82) is 0 Å². The Morgan fingerprint density at radius 1 is 1.28 bits per heavy atom. The number of halogens is 1. The molecule has 0 spiro atoms.